The maximum Gasteiger partial charge on any atom is 0.410 e. The summed E-state index contributed by atoms with van der Waals surface area (Å²) >= 11 is 0. The summed E-state index contributed by atoms with van der Waals surface area (Å²) in [6.45, 7) is -0.433. The van der Waals surface area contributed by atoms with Gasteiger partial charge in [0.1, 0.15) is 12.6 Å². The molecule has 0 bridgehead atoms. The van der Waals surface area contributed by atoms with Crippen molar-refractivity contribution >= 4 is 12.1 Å². The van der Waals surface area contributed by atoms with Crippen molar-refractivity contribution in [3.05, 3.63) is 35.9 Å². The van der Waals surface area contributed by atoms with E-state index in [1.165, 1.54) is 0 Å². The summed E-state index contributed by atoms with van der Waals surface area (Å²) in [5, 5.41) is 8.90. The number of hydrogen-bond donors (Lipinski definition) is 1. The van der Waals surface area contributed by atoms with Crippen molar-refractivity contribution in [2.75, 3.05) is 6.54 Å². The van der Waals surface area contributed by atoms with Crippen LogP contribution in [0.4, 0.5) is 18.0 Å². The van der Waals surface area contributed by atoms with Gasteiger partial charge in [0, 0.05) is 6.54 Å². The number of likely N-dealkylation sites (tertiary alicyclic amines) is 1. The van der Waals surface area contributed by atoms with Crippen molar-refractivity contribution in [2.45, 2.75) is 31.7 Å². The summed E-state index contributed by atoms with van der Waals surface area (Å²) in [6.07, 6.45) is -6.46. The first-order valence-electron chi connectivity index (χ1n) is 7.06. The number of aliphatic carboxylic acids is 1. The van der Waals surface area contributed by atoms with Crippen LogP contribution >= 0.6 is 0 Å². The van der Waals surface area contributed by atoms with Crippen LogP contribution in [0, 0.1) is 5.92 Å². The van der Waals surface area contributed by atoms with E-state index in [9.17, 15) is 22.8 Å². The molecule has 0 aliphatic carbocycles. The minimum Gasteiger partial charge on any atom is -0.481 e. The molecule has 1 heterocycles. The van der Waals surface area contributed by atoms with Gasteiger partial charge in [0.25, 0.3) is 0 Å². The molecule has 8 heteroatoms. The molecule has 1 aliphatic rings. The van der Waals surface area contributed by atoms with E-state index in [2.05, 4.69) is 0 Å². The Hall–Kier alpha value is -2.25. The van der Waals surface area contributed by atoms with Crippen LogP contribution in [0.2, 0.25) is 0 Å². The highest BCUT2D eigenvalue weighted by Gasteiger charge is 2.50. The number of carboxylic acids is 1. The summed E-state index contributed by atoms with van der Waals surface area (Å²) in [5.74, 6) is -2.39. The van der Waals surface area contributed by atoms with Crippen molar-refractivity contribution in [3.63, 3.8) is 0 Å². The molecular weight excluding hydrogens is 315 g/mol. The Morgan fingerprint density at radius 2 is 1.91 bits per heavy atom. The molecule has 126 valence electrons. The Labute approximate surface area is 130 Å². The van der Waals surface area contributed by atoms with Crippen molar-refractivity contribution in [1.82, 2.24) is 4.90 Å². The number of rotatable bonds is 3. The Bertz CT molecular complexity index is 562. The molecule has 0 spiro atoms. The van der Waals surface area contributed by atoms with Gasteiger partial charge in [-0.3, -0.25) is 9.69 Å². The standard InChI is InChI=1S/C15H16F3NO4/c16-15(17,18)12-8-11(13(20)21)6-7-19(12)14(22)23-9-10-4-2-1-3-5-10/h1-5,11-12H,6-9H2,(H,20,21). The van der Waals surface area contributed by atoms with Gasteiger partial charge >= 0.3 is 18.2 Å². The highest BCUT2D eigenvalue weighted by molar-refractivity contribution is 5.72. The Balaban J connectivity index is 2.03. The van der Waals surface area contributed by atoms with Crippen molar-refractivity contribution < 1.29 is 32.6 Å². The summed E-state index contributed by atoms with van der Waals surface area (Å²) in [7, 11) is 0. The van der Waals surface area contributed by atoms with Crippen LogP contribution in [0.3, 0.4) is 0 Å². The van der Waals surface area contributed by atoms with Gasteiger partial charge in [0.15, 0.2) is 0 Å². The Kier molecular flexibility index (Phi) is 5.12. The molecule has 2 atom stereocenters. The number of carboxylic acid groups (broad SMARTS) is 1. The normalized spacial score (nSPS) is 21.8. The number of halogens is 3. The number of benzene rings is 1. The summed E-state index contributed by atoms with van der Waals surface area (Å²) < 4.78 is 44.3. The smallest absolute Gasteiger partial charge is 0.410 e. The zero-order valence-corrected chi connectivity index (χ0v) is 12.1. The van der Waals surface area contributed by atoms with Crippen LogP contribution in [0.15, 0.2) is 30.3 Å². The predicted octanol–water partition coefficient (Wildman–Crippen LogP) is 3.05. The lowest BCUT2D eigenvalue weighted by molar-refractivity contribution is -0.192. The second-order valence-electron chi connectivity index (χ2n) is 5.35. The van der Waals surface area contributed by atoms with E-state index < -0.39 is 36.6 Å². The van der Waals surface area contributed by atoms with E-state index in [1.54, 1.807) is 30.3 Å². The summed E-state index contributed by atoms with van der Waals surface area (Å²) in [6, 6.07) is 6.44. The van der Waals surface area contributed by atoms with Crippen LogP contribution in [0.1, 0.15) is 18.4 Å². The van der Waals surface area contributed by atoms with Crippen LogP contribution in [-0.4, -0.2) is 40.8 Å². The SMILES string of the molecule is O=C(O)C1CCN(C(=O)OCc2ccccc2)C(C(F)(F)F)C1. The van der Waals surface area contributed by atoms with Gasteiger partial charge in [-0.05, 0) is 18.4 Å². The molecule has 1 amide bonds. The van der Waals surface area contributed by atoms with Gasteiger partial charge in [-0.15, -0.1) is 0 Å². The van der Waals surface area contributed by atoms with Crippen LogP contribution in [0.5, 0.6) is 0 Å². The number of piperidine rings is 1. The molecule has 0 aromatic heterocycles. The summed E-state index contributed by atoms with van der Waals surface area (Å²) in [4.78, 5) is 23.4. The van der Waals surface area contributed by atoms with E-state index >= 15 is 0 Å². The number of carbonyl (C=O) groups is 2. The molecule has 0 radical (unpaired) electrons. The highest BCUT2D eigenvalue weighted by Crippen LogP contribution is 2.35. The third kappa shape index (κ3) is 4.37. The monoisotopic (exact) mass is 331 g/mol. The largest absolute Gasteiger partial charge is 0.481 e. The first-order valence-corrected chi connectivity index (χ1v) is 7.06. The molecule has 1 aliphatic heterocycles. The van der Waals surface area contributed by atoms with Gasteiger partial charge in [0.2, 0.25) is 0 Å². The van der Waals surface area contributed by atoms with Crippen LogP contribution in [0.25, 0.3) is 0 Å². The lowest BCUT2D eigenvalue weighted by Crippen LogP contribution is -2.54. The van der Waals surface area contributed by atoms with Crippen molar-refractivity contribution in [2.24, 2.45) is 5.92 Å². The number of nitrogens with zero attached hydrogens (tertiary/aromatic N) is 1. The number of alkyl halides is 3. The zero-order chi connectivity index (χ0) is 17.0. The lowest BCUT2D eigenvalue weighted by atomic mass is 9.91. The number of carbonyl (C=O) groups excluding carboxylic acids is 1. The highest BCUT2D eigenvalue weighted by atomic mass is 19.4. The van der Waals surface area contributed by atoms with Gasteiger partial charge in [-0.1, -0.05) is 30.3 Å². The maximum atomic E-state index is 13.1. The fourth-order valence-corrected chi connectivity index (χ4v) is 2.52. The maximum absolute atomic E-state index is 13.1. The van der Waals surface area contributed by atoms with E-state index in [0.717, 1.165) is 0 Å². The van der Waals surface area contributed by atoms with Gasteiger partial charge in [0.05, 0.1) is 5.92 Å². The van der Waals surface area contributed by atoms with Gasteiger partial charge in [-0.2, -0.15) is 13.2 Å². The average Bonchev–Trinajstić information content (AvgIpc) is 2.52. The fourth-order valence-electron chi connectivity index (χ4n) is 2.52. The van der Waals surface area contributed by atoms with E-state index in [1.807, 2.05) is 0 Å². The molecule has 5 nitrogen and oxygen atoms in total. The van der Waals surface area contributed by atoms with Gasteiger partial charge in [-0.25, -0.2) is 4.79 Å². The average molecular weight is 331 g/mol. The molecule has 1 aromatic rings. The minimum atomic E-state index is -4.69. The molecule has 1 aromatic carbocycles. The fraction of sp³-hybridized carbons (Fsp3) is 0.467. The van der Waals surface area contributed by atoms with E-state index in [0.29, 0.717) is 10.5 Å². The van der Waals surface area contributed by atoms with Gasteiger partial charge < -0.3 is 9.84 Å². The van der Waals surface area contributed by atoms with Crippen LogP contribution in [-0.2, 0) is 16.1 Å². The minimum absolute atomic E-state index is 0.0254. The van der Waals surface area contributed by atoms with Crippen molar-refractivity contribution in [1.29, 1.82) is 0 Å². The van der Waals surface area contributed by atoms with E-state index in [4.69, 9.17) is 9.84 Å². The third-order valence-electron chi connectivity index (χ3n) is 3.77. The molecule has 2 unspecified atom stereocenters. The number of ether oxygens (including phenoxy) is 1. The predicted molar refractivity (Wildman–Crippen MR) is 73.5 cm³/mol. The first kappa shape index (κ1) is 17.1. The van der Waals surface area contributed by atoms with Crippen molar-refractivity contribution in [3.8, 4) is 0 Å². The van der Waals surface area contributed by atoms with Crippen LogP contribution < -0.4 is 0 Å². The zero-order valence-electron chi connectivity index (χ0n) is 12.1. The molecule has 1 N–H and O–H groups in total. The summed E-state index contributed by atoms with van der Waals surface area (Å²) in [5.41, 5.74) is 0.657. The Morgan fingerprint density at radius 3 is 2.48 bits per heavy atom. The Morgan fingerprint density at radius 1 is 1.26 bits per heavy atom. The second-order valence-corrected chi connectivity index (χ2v) is 5.35. The van der Waals surface area contributed by atoms with E-state index in [-0.39, 0.29) is 19.6 Å². The number of hydrogen-bond acceptors (Lipinski definition) is 3. The molecule has 1 fully saturated rings. The lowest BCUT2D eigenvalue weighted by Gasteiger charge is -2.38. The molecule has 1 saturated heterocycles. The number of amides is 1. The second kappa shape index (κ2) is 6.89. The molecule has 0 saturated carbocycles. The molecule has 2 rings (SSSR count). The molecular formula is C15H16F3NO4. The first-order chi connectivity index (χ1) is 10.8. The quantitative estimate of drug-likeness (QED) is 0.924. The third-order valence-corrected chi connectivity index (χ3v) is 3.77. The molecule has 23 heavy (non-hydrogen) atoms. The topological polar surface area (TPSA) is 66.8 Å².